The van der Waals surface area contributed by atoms with Gasteiger partial charge in [-0.3, -0.25) is 9.48 Å². The van der Waals surface area contributed by atoms with Gasteiger partial charge in [0, 0.05) is 32.4 Å². The van der Waals surface area contributed by atoms with E-state index in [4.69, 9.17) is 0 Å². The smallest absolute Gasteiger partial charge is 0.235 e. The van der Waals surface area contributed by atoms with Crippen molar-refractivity contribution in [1.82, 2.24) is 14.7 Å². The summed E-state index contributed by atoms with van der Waals surface area (Å²) in [7, 11) is 3.65. The summed E-state index contributed by atoms with van der Waals surface area (Å²) in [4.78, 5) is 13.6. The van der Waals surface area contributed by atoms with Crippen LogP contribution in [0.5, 0.6) is 0 Å². The molecule has 1 amide bonds. The molecule has 0 bridgehead atoms. The molecule has 0 saturated heterocycles. The van der Waals surface area contributed by atoms with Crippen LogP contribution in [-0.2, 0) is 18.4 Å². The highest BCUT2D eigenvalue weighted by Crippen LogP contribution is 2.13. The Labute approximate surface area is 102 Å². The summed E-state index contributed by atoms with van der Waals surface area (Å²) in [6, 6.07) is 0. The molecule has 16 heavy (non-hydrogen) atoms. The van der Waals surface area contributed by atoms with Crippen LogP contribution in [0.1, 0.15) is 19.4 Å². The van der Waals surface area contributed by atoms with Crippen LogP contribution in [0.25, 0.3) is 0 Å². The summed E-state index contributed by atoms with van der Waals surface area (Å²) in [5, 5.41) is 3.83. The minimum absolute atomic E-state index is 0.0576. The number of rotatable bonds is 4. The molecular formula is C11H19N3OS. The highest BCUT2D eigenvalue weighted by molar-refractivity contribution is 7.81. The van der Waals surface area contributed by atoms with E-state index in [-0.39, 0.29) is 17.1 Å². The fourth-order valence-corrected chi connectivity index (χ4v) is 1.61. The summed E-state index contributed by atoms with van der Waals surface area (Å²) in [5.74, 6) is 0.300. The predicted molar refractivity (Wildman–Crippen MR) is 67.3 cm³/mol. The fraction of sp³-hybridized carbons (Fsp3) is 0.636. The van der Waals surface area contributed by atoms with Gasteiger partial charge in [0.05, 0.1) is 11.4 Å². The van der Waals surface area contributed by atoms with E-state index in [1.165, 1.54) is 0 Å². The van der Waals surface area contributed by atoms with Gasteiger partial charge in [-0.15, -0.1) is 0 Å². The van der Waals surface area contributed by atoms with Crippen molar-refractivity contribution in [2.24, 2.45) is 13.0 Å². The molecule has 1 heterocycles. The van der Waals surface area contributed by atoms with Crippen molar-refractivity contribution in [2.45, 2.75) is 25.6 Å². The molecule has 1 unspecified atom stereocenters. The van der Waals surface area contributed by atoms with Crippen molar-refractivity contribution in [3.05, 3.63) is 18.0 Å². The molecule has 1 atom stereocenters. The van der Waals surface area contributed by atoms with E-state index in [0.29, 0.717) is 6.54 Å². The maximum absolute atomic E-state index is 11.9. The standard InChI is InChI=1S/C11H19N3OS/c1-8(2)10(16)11(15)13(3)6-9-5-12-14(4)7-9/h5,7-8,10,16H,6H2,1-4H3. The number of hydrogen-bond donors (Lipinski definition) is 1. The minimum atomic E-state index is -0.235. The average molecular weight is 241 g/mol. The Balaban J connectivity index is 2.58. The van der Waals surface area contributed by atoms with Crippen molar-refractivity contribution < 1.29 is 4.79 Å². The third-order valence-electron chi connectivity index (χ3n) is 2.44. The Hall–Kier alpha value is -0.970. The predicted octanol–water partition coefficient (Wildman–Crippen LogP) is 1.33. The molecule has 1 aromatic rings. The number of amides is 1. The van der Waals surface area contributed by atoms with Crippen LogP contribution in [0.15, 0.2) is 12.4 Å². The van der Waals surface area contributed by atoms with Crippen molar-refractivity contribution >= 4 is 18.5 Å². The first kappa shape index (κ1) is 13.1. The second-order valence-corrected chi connectivity index (χ2v) is 4.96. The Kier molecular flexibility index (Phi) is 4.41. The highest BCUT2D eigenvalue weighted by atomic mass is 32.1. The van der Waals surface area contributed by atoms with Gasteiger partial charge in [-0.1, -0.05) is 13.8 Å². The molecule has 0 saturated carbocycles. The molecule has 0 aliphatic rings. The summed E-state index contributed by atoms with van der Waals surface area (Å²) >= 11 is 4.32. The van der Waals surface area contributed by atoms with Crippen molar-refractivity contribution in [1.29, 1.82) is 0 Å². The largest absolute Gasteiger partial charge is 0.340 e. The molecule has 0 aliphatic heterocycles. The zero-order valence-corrected chi connectivity index (χ0v) is 11.1. The Bertz CT molecular complexity index is 362. The van der Waals surface area contributed by atoms with Crippen LogP contribution in [0, 0.1) is 5.92 Å². The van der Waals surface area contributed by atoms with Gasteiger partial charge in [0.1, 0.15) is 0 Å². The molecule has 0 radical (unpaired) electrons. The van der Waals surface area contributed by atoms with E-state index >= 15 is 0 Å². The third kappa shape index (κ3) is 3.27. The number of hydrogen-bond acceptors (Lipinski definition) is 3. The number of aryl methyl sites for hydroxylation is 1. The average Bonchev–Trinajstić information content (AvgIpc) is 2.61. The maximum atomic E-state index is 11.9. The van der Waals surface area contributed by atoms with Crippen molar-refractivity contribution in [3.63, 3.8) is 0 Å². The molecule has 5 heteroatoms. The van der Waals surface area contributed by atoms with Gasteiger partial charge in [0.2, 0.25) is 5.91 Å². The van der Waals surface area contributed by atoms with E-state index < -0.39 is 0 Å². The lowest BCUT2D eigenvalue weighted by molar-refractivity contribution is -0.130. The monoisotopic (exact) mass is 241 g/mol. The number of thiol groups is 1. The van der Waals surface area contributed by atoms with Gasteiger partial charge in [0.15, 0.2) is 0 Å². The molecule has 1 rings (SSSR count). The van der Waals surface area contributed by atoms with Crippen LogP contribution in [-0.4, -0.2) is 32.9 Å². The molecule has 0 aromatic carbocycles. The van der Waals surface area contributed by atoms with Crippen LogP contribution < -0.4 is 0 Å². The zero-order chi connectivity index (χ0) is 12.3. The lowest BCUT2D eigenvalue weighted by Crippen LogP contribution is -2.35. The molecule has 4 nitrogen and oxygen atoms in total. The number of aromatic nitrogens is 2. The van der Waals surface area contributed by atoms with E-state index in [0.717, 1.165) is 5.56 Å². The second-order valence-electron chi connectivity index (χ2n) is 4.41. The first-order chi connectivity index (χ1) is 7.41. The first-order valence-corrected chi connectivity index (χ1v) is 5.84. The minimum Gasteiger partial charge on any atom is -0.340 e. The summed E-state index contributed by atoms with van der Waals surface area (Å²) < 4.78 is 1.73. The summed E-state index contributed by atoms with van der Waals surface area (Å²) in [6.45, 7) is 4.57. The van der Waals surface area contributed by atoms with Crippen LogP contribution >= 0.6 is 12.6 Å². The van der Waals surface area contributed by atoms with Gasteiger partial charge in [-0.05, 0) is 5.92 Å². The lowest BCUT2D eigenvalue weighted by atomic mass is 10.1. The lowest BCUT2D eigenvalue weighted by Gasteiger charge is -2.22. The van der Waals surface area contributed by atoms with E-state index in [1.807, 2.05) is 27.1 Å². The van der Waals surface area contributed by atoms with E-state index in [9.17, 15) is 4.79 Å². The SMILES string of the molecule is CC(C)C(S)C(=O)N(C)Cc1cnn(C)c1. The summed E-state index contributed by atoms with van der Waals surface area (Å²) in [6.07, 6.45) is 3.68. The van der Waals surface area contributed by atoms with Gasteiger partial charge < -0.3 is 4.90 Å². The summed E-state index contributed by atoms with van der Waals surface area (Å²) in [5.41, 5.74) is 1.03. The topological polar surface area (TPSA) is 38.1 Å². The van der Waals surface area contributed by atoms with E-state index in [1.54, 1.807) is 22.8 Å². The molecular weight excluding hydrogens is 222 g/mol. The molecule has 90 valence electrons. The Morgan fingerprint density at radius 1 is 1.62 bits per heavy atom. The van der Waals surface area contributed by atoms with Gasteiger partial charge in [-0.2, -0.15) is 17.7 Å². The number of carbonyl (C=O) groups is 1. The van der Waals surface area contributed by atoms with Gasteiger partial charge in [-0.25, -0.2) is 0 Å². The van der Waals surface area contributed by atoms with Crippen LogP contribution in [0.2, 0.25) is 0 Å². The molecule has 0 N–H and O–H groups in total. The number of carbonyl (C=O) groups excluding carboxylic acids is 1. The van der Waals surface area contributed by atoms with Crippen LogP contribution in [0.4, 0.5) is 0 Å². The molecule has 0 fully saturated rings. The fourth-order valence-electron chi connectivity index (χ4n) is 1.42. The van der Waals surface area contributed by atoms with E-state index in [2.05, 4.69) is 17.7 Å². The second kappa shape index (κ2) is 5.39. The van der Waals surface area contributed by atoms with Gasteiger partial charge >= 0.3 is 0 Å². The first-order valence-electron chi connectivity index (χ1n) is 5.32. The Morgan fingerprint density at radius 2 is 2.25 bits per heavy atom. The van der Waals surface area contributed by atoms with Crippen molar-refractivity contribution in [2.75, 3.05) is 7.05 Å². The highest BCUT2D eigenvalue weighted by Gasteiger charge is 2.21. The quantitative estimate of drug-likeness (QED) is 0.808. The van der Waals surface area contributed by atoms with Gasteiger partial charge in [0.25, 0.3) is 0 Å². The normalized spacial score (nSPS) is 12.9. The molecule has 1 aromatic heterocycles. The maximum Gasteiger partial charge on any atom is 0.235 e. The zero-order valence-electron chi connectivity index (χ0n) is 10.2. The van der Waals surface area contributed by atoms with Crippen LogP contribution in [0.3, 0.4) is 0 Å². The molecule has 0 spiro atoms. The number of nitrogens with zero attached hydrogens (tertiary/aromatic N) is 3. The third-order valence-corrected chi connectivity index (χ3v) is 3.26. The Morgan fingerprint density at radius 3 is 2.69 bits per heavy atom. The molecule has 0 aliphatic carbocycles. The van der Waals surface area contributed by atoms with Crippen molar-refractivity contribution in [3.8, 4) is 0 Å².